The Morgan fingerprint density at radius 2 is 2.21 bits per heavy atom. The Morgan fingerprint density at radius 3 is 2.64 bits per heavy atom. The molecule has 14 heavy (non-hydrogen) atoms. The fourth-order valence-electron chi connectivity index (χ4n) is 1.10. The summed E-state index contributed by atoms with van der Waals surface area (Å²) in [6, 6.07) is -0.375. The molecule has 0 bridgehead atoms. The van der Waals surface area contributed by atoms with Crippen LogP contribution in [0.15, 0.2) is 0 Å². The second-order valence-corrected chi connectivity index (χ2v) is 2.95. The number of likely N-dealkylation sites (N-methyl/N-ethyl adjacent to an activating group) is 1. The average molecular weight is 204 g/mol. The highest BCUT2D eigenvalue weighted by molar-refractivity contribution is 5.75. The molecule has 2 N–H and O–H groups in total. The van der Waals surface area contributed by atoms with E-state index in [1.165, 1.54) is 7.11 Å². The highest BCUT2D eigenvalue weighted by Gasteiger charge is 2.21. The molecule has 0 aliphatic rings. The number of hydrogen-bond donors (Lipinski definition) is 1. The van der Waals surface area contributed by atoms with E-state index < -0.39 is 0 Å². The van der Waals surface area contributed by atoms with E-state index in [0.29, 0.717) is 19.8 Å². The van der Waals surface area contributed by atoms with Gasteiger partial charge in [0.15, 0.2) is 0 Å². The van der Waals surface area contributed by atoms with E-state index in [4.69, 9.17) is 10.5 Å². The number of methoxy groups -OCH3 is 1. The minimum absolute atomic E-state index is 0.259. The SMILES string of the molecule is CCOCCN(C)C(CN)C(=O)OC. The summed E-state index contributed by atoms with van der Waals surface area (Å²) in [5.74, 6) is -0.300. The van der Waals surface area contributed by atoms with Crippen molar-refractivity contribution in [1.82, 2.24) is 4.90 Å². The predicted molar refractivity (Wildman–Crippen MR) is 54.0 cm³/mol. The zero-order valence-electron chi connectivity index (χ0n) is 9.16. The molecule has 0 saturated carbocycles. The maximum Gasteiger partial charge on any atom is 0.324 e. The van der Waals surface area contributed by atoms with Crippen molar-refractivity contribution in [1.29, 1.82) is 0 Å². The molecule has 1 unspecified atom stereocenters. The molecule has 0 aliphatic carbocycles. The lowest BCUT2D eigenvalue weighted by atomic mass is 10.2. The number of ether oxygens (including phenoxy) is 2. The molecule has 0 rings (SSSR count). The third-order valence-corrected chi connectivity index (χ3v) is 2.02. The first-order chi connectivity index (χ1) is 6.67. The summed E-state index contributed by atoms with van der Waals surface area (Å²) in [5.41, 5.74) is 5.47. The third-order valence-electron chi connectivity index (χ3n) is 2.02. The maximum absolute atomic E-state index is 11.2. The van der Waals surface area contributed by atoms with E-state index in [1.54, 1.807) is 0 Å². The topological polar surface area (TPSA) is 64.8 Å². The molecule has 0 aromatic rings. The third kappa shape index (κ3) is 4.55. The van der Waals surface area contributed by atoms with Gasteiger partial charge in [-0.05, 0) is 14.0 Å². The molecule has 0 aromatic carbocycles. The van der Waals surface area contributed by atoms with Crippen LogP contribution in [0.4, 0.5) is 0 Å². The van der Waals surface area contributed by atoms with E-state index in [9.17, 15) is 4.79 Å². The number of nitrogens with zero attached hydrogens (tertiary/aromatic N) is 1. The van der Waals surface area contributed by atoms with E-state index in [1.807, 2.05) is 18.9 Å². The lowest BCUT2D eigenvalue weighted by molar-refractivity contribution is -0.146. The Kier molecular flexibility index (Phi) is 7.37. The molecule has 0 aromatic heterocycles. The fourth-order valence-corrected chi connectivity index (χ4v) is 1.10. The summed E-state index contributed by atoms with van der Waals surface area (Å²) in [5, 5.41) is 0. The van der Waals surface area contributed by atoms with Crippen LogP contribution in [-0.2, 0) is 14.3 Å². The van der Waals surface area contributed by atoms with Gasteiger partial charge in [0.25, 0.3) is 0 Å². The largest absolute Gasteiger partial charge is 0.468 e. The Bertz CT molecular complexity index is 164. The zero-order valence-corrected chi connectivity index (χ0v) is 9.16. The van der Waals surface area contributed by atoms with E-state index in [-0.39, 0.29) is 18.6 Å². The maximum atomic E-state index is 11.2. The van der Waals surface area contributed by atoms with Gasteiger partial charge < -0.3 is 15.2 Å². The van der Waals surface area contributed by atoms with Gasteiger partial charge in [-0.2, -0.15) is 0 Å². The molecule has 1 atom stereocenters. The van der Waals surface area contributed by atoms with Crippen LogP contribution in [-0.4, -0.2) is 57.4 Å². The van der Waals surface area contributed by atoms with E-state index in [2.05, 4.69) is 4.74 Å². The fraction of sp³-hybridized carbons (Fsp3) is 0.889. The van der Waals surface area contributed by atoms with Crippen LogP contribution in [0.2, 0.25) is 0 Å². The van der Waals surface area contributed by atoms with Crippen molar-refractivity contribution in [2.75, 3.05) is 40.5 Å². The highest BCUT2D eigenvalue weighted by Crippen LogP contribution is 1.97. The van der Waals surface area contributed by atoms with E-state index in [0.717, 1.165) is 0 Å². The summed E-state index contributed by atoms with van der Waals surface area (Å²) >= 11 is 0. The molecule has 5 heteroatoms. The van der Waals surface area contributed by atoms with Crippen LogP contribution in [0.5, 0.6) is 0 Å². The zero-order chi connectivity index (χ0) is 11.0. The lowest BCUT2D eigenvalue weighted by Gasteiger charge is -2.24. The number of esters is 1. The number of hydrogen-bond acceptors (Lipinski definition) is 5. The van der Waals surface area contributed by atoms with Gasteiger partial charge in [0, 0.05) is 19.7 Å². The van der Waals surface area contributed by atoms with Crippen LogP contribution in [0.1, 0.15) is 6.92 Å². The summed E-state index contributed by atoms with van der Waals surface area (Å²) in [6.45, 7) is 4.14. The normalized spacial score (nSPS) is 12.9. The van der Waals surface area contributed by atoms with Gasteiger partial charge in [0.05, 0.1) is 13.7 Å². The first-order valence-electron chi connectivity index (χ1n) is 4.73. The van der Waals surface area contributed by atoms with Crippen LogP contribution in [0.25, 0.3) is 0 Å². The summed E-state index contributed by atoms with van der Waals surface area (Å²) in [6.07, 6.45) is 0. The Labute approximate surface area is 85.1 Å². The van der Waals surface area contributed by atoms with Gasteiger partial charge in [-0.15, -0.1) is 0 Å². The van der Waals surface area contributed by atoms with Gasteiger partial charge >= 0.3 is 5.97 Å². The summed E-state index contributed by atoms with van der Waals surface area (Å²) in [4.78, 5) is 13.1. The molecule has 84 valence electrons. The van der Waals surface area contributed by atoms with Crippen molar-refractivity contribution in [2.45, 2.75) is 13.0 Å². The molecule has 5 nitrogen and oxygen atoms in total. The quantitative estimate of drug-likeness (QED) is 0.445. The smallest absolute Gasteiger partial charge is 0.324 e. The van der Waals surface area contributed by atoms with Gasteiger partial charge in [-0.25, -0.2) is 0 Å². The average Bonchev–Trinajstić information content (AvgIpc) is 2.19. The molecular formula is C9H20N2O3. The van der Waals surface area contributed by atoms with Gasteiger partial charge in [-0.1, -0.05) is 0 Å². The number of nitrogens with two attached hydrogens (primary N) is 1. The summed E-state index contributed by atoms with van der Waals surface area (Å²) in [7, 11) is 3.19. The van der Waals surface area contributed by atoms with Crippen LogP contribution < -0.4 is 5.73 Å². The Morgan fingerprint density at radius 1 is 1.57 bits per heavy atom. The van der Waals surface area contributed by atoms with Crippen molar-refractivity contribution < 1.29 is 14.3 Å². The minimum Gasteiger partial charge on any atom is -0.468 e. The number of carbonyl (C=O) groups is 1. The van der Waals surface area contributed by atoms with Crippen molar-refractivity contribution >= 4 is 5.97 Å². The minimum atomic E-state index is -0.375. The predicted octanol–water partition coefficient (Wildman–Crippen LogP) is -0.545. The second kappa shape index (κ2) is 7.73. The highest BCUT2D eigenvalue weighted by atomic mass is 16.5. The molecule has 0 fully saturated rings. The van der Waals surface area contributed by atoms with Crippen LogP contribution in [0.3, 0.4) is 0 Å². The first-order valence-corrected chi connectivity index (χ1v) is 4.73. The standard InChI is InChI=1S/C9H20N2O3/c1-4-14-6-5-11(2)8(7-10)9(12)13-3/h8H,4-7,10H2,1-3H3. The van der Waals surface area contributed by atoms with Crippen molar-refractivity contribution in [3.8, 4) is 0 Å². The number of carbonyl (C=O) groups excluding carboxylic acids is 1. The molecule has 0 saturated heterocycles. The van der Waals surface area contributed by atoms with Gasteiger partial charge in [0.1, 0.15) is 6.04 Å². The summed E-state index contributed by atoms with van der Waals surface area (Å²) < 4.78 is 9.81. The van der Waals surface area contributed by atoms with Gasteiger partial charge in [0.2, 0.25) is 0 Å². The monoisotopic (exact) mass is 204 g/mol. The van der Waals surface area contributed by atoms with E-state index >= 15 is 0 Å². The molecule has 0 heterocycles. The molecule has 0 spiro atoms. The first kappa shape index (κ1) is 13.4. The second-order valence-electron chi connectivity index (χ2n) is 2.95. The Hall–Kier alpha value is -0.650. The Balaban J connectivity index is 3.91. The number of rotatable bonds is 7. The van der Waals surface area contributed by atoms with Crippen molar-refractivity contribution in [3.05, 3.63) is 0 Å². The molecule has 0 amide bonds. The van der Waals surface area contributed by atoms with Crippen LogP contribution in [0, 0.1) is 0 Å². The van der Waals surface area contributed by atoms with Crippen molar-refractivity contribution in [2.24, 2.45) is 5.73 Å². The molecular weight excluding hydrogens is 184 g/mol. The molecule has 0 aliphatic heterocycles. The van der Waals surface area contributed by atoms with Crippen molar-refractivity contribution in [3.63, 3.8) is 0 Å². The van der Waals surface area contributed by atoms with Gasteiger partial charge in [-0.3, -0.25) is 9.69 Å². The lowest BCUT2D eigenvalue weighted by Crippen LogP contribution is -2.45. The van der Waals surface area contributed by atoms with Crippen LogP contribution >= 0.6 is 0 Å². The molecule has 0 radical (unpaired) electrons.